The lowest BCUT2D eigenvalue weighted by atomic mass is 10.2. The van der Waals surface area contributed by atoms with E-state index in [1.807, 2.05) is 159 Å². The number of hydrogen-bond acceptors (Lipinski definition) is 17. The highest BCUT2D eigenvalue weighted by molar-refractivity contribution is 5.76. The maximum absolute atomic E-state index is 11.2. The third kappa shape index (κ3) is 81.9. The van der Waals surface area contributed by atoms with E-state index in [1.165, 1.54) is 0 Å². The molecule has 0 unspecified atom stereocenters. The highest BCUT2D eigenvalue weighted by Gasteiger charge is 2.13. The Labute approximate surface area is 573 Å². The number of amides is 8. The topological polar surface area (TPSA) is 262 Å². The fourth-order valence-corrected chi connectivity index (χ4v) is 4.56. The molecule has 0 aliphatic rings. The molecule has 0 rings (SSSR count). The molecule has 0 saturated heterocycles. The predicted octanol–water partition coefficient (Wildman–Crippen LogP) is 14.4. The number of hydrogen-bond donors (Lipinski definition) is 1. The van der Waals surface area contributed by atoms with Crippen molar-refractivity contribution in [1.82, 2.24) is 39.6 Å². The van der Waals surface area contributed by atoms with Crippen molar-refractivity contribution >= 4 is 54.5 Å². The van der Waals surface area contributed by atoms with Crippen LogP contribution in [0.1, 0.15) is 198 Å². The van der Waals surface area contributed by atoms with Gasteiger partial charge in [-0.15, -0.1) is 0 Å². The van der Waals surface area contributed by atoms with Gasteiger partial charge < -0.3 is 77.5 Å². The lowest BCUT2D eigenvalue weighted by molar-refractivity contribution is -0.145. The molecule has 562 valence electrons. The zero-order valence-corrected chi connectivity index (χ0v) is 65.5. The summed E-state index contributed by atoms with van der Waals surface area (Å²) in [5, 5.41) is 2.79. The van der Waals surface area contributed by atoms with Crippen LogP contribution in [-0.4, -0.2) is 243 Å². The van der Waals surface area contributed by atoms with Crippen LogP contribution in [-0.2, 0) is 47.5 Å². The molecule has 0 saturated carbocycles. The first-order valence-electron chi connectivity index (χ1n) is 34.2. The number of esters is 1. The van der Waals surface area contributed by atoms with Crippen molar-refractivity contribution in [3.63, 3.8) is 0 Å². The van der Waals surface area contributed by atoms with E-state index >= 15 is 0 Å². The highest BCUT2D eigenvalue weighted by atomic mass is 16.6. The molecule has 0 atom stereocenters. The molecule has 0 aliphatic heterocycles. The third-order valence-electron chi connectivity index (χ3n) is 11.5. The van der Waals surface area contributed by atoms with Gasteiger partial charge in [-0.1, -0.05) is 124 Å². The second-order valence-corrected chi connectivity index (χ2v) is 25.5. The molecule has 0 fully saturated rings. The largest absolute Gasteiger partial charge is 0.465 e. The van der Waals surface area contributed by atoms with Gasteiger partial charge in [-0.3, -0.25) is 9.59 Å². The summed E-state index contributed by atoms with van der Waals surface area (Å²) < 4.78 is 39.6. The summed E-state index contributed by atoms with van der Waals surface area (Å²) in [6, 6.07) is 0. The Kier molecular flexibility index (Phi) is 77.0. The SMILES string of the molecule is CCCCC(=O)NCCCC(=O)OCC(C)C.CCN(C)C(=O)OCC(C)C.CCN(C)C(=O)OCC(C)C.CCN(C)C(=O)OCC(C)C.CCN(C)C(=O)OCC(C)C.CCN(C)C(=O)OCC(C)C.CCN(C)C(=O)OCC(C)C.CCN(C)C(=O)OCC(C)C. The summed E-state index contributed by atoms with van der Waals surface area (Å²) >= 11 is 0. The molecule has 25 nitrogen and oxygen atoms in total. The molecule has 0 aliphatic carbocycles. The molecule has 0 aromatic rings. The van der Waals surface area contributed by atoms with Crippen molar-refractivity contribution in [2.75, 3.05) is 155 Å². The second-order valence-electron chi connectivity index (χ2n) is 25.5. The van der Waals surface area contributed by atoms with Crippen molar-refractivity contribution in [3.8, 4) is 0 Å². The molecule has 0 aromatic heterocycles. The average molecular weight is 1360 g/mol. The Morgan fingerprint density at radius 3 is 0.585 bits per heavy atom. The zero-order valence-electron chi connectivity index (χ0n) is 65.5. The van der Waals surface area contributed by atoms with E-state index in [1.54, 1.807) is 83.6 Å². The second kappa shape index (κ2) is 69.7. The normalized spacial score (nSPS) is 9.99. The summed E-state index contributed by atoms with van der Waals surface area (Å²) in [6.07, 6.45) is 1.90. The van der Waals surface area contributed by atoms with Gasteiger partial charge in [-0.25, -0.2) is 33.6 Å². The van der Waals surface area contributed by atoms with Crippen LogP contribution in [0.15, 0.2) is 0 Å². The van der Waals surface area contributed by atoms with Crippen molar-refractivity contribution in [2.24, 2.45) is 47.3 Å². The first-order valence-corrected chi connectivity index (χ1v) is 34.2. The Morgan fingerprint density at radius 2 is 0.436 bits per heavy atom. The van der Waals surface area contributed by atoms with E-state index < -0.39 is 0 Å². The van der Waals surface area contributed by atoms with Crippen LogP contribution >= 0.6 is 0 Å². The third-order valence-corrected chi connectivity index (χ3v) is 11.5. The van der Waals surface area contributed by atoms with Gasteiger partial charge in [-0.2, -0.15) is 0 Å². The van der Waals surface area contributed by atoms with Gasteiger partial charge in [0.25, 0.3) is 0 Å². The van der Waals surface area contributed by atoms with Crippen LogP contribution in [0.25, 0.3) is 0 Å². The quantitative estimate of drug-likeness (QED) is 0.0398. The highest BCUT2D eigenvalue weighted by Crippen LogP contribution is 2.03. The Bertz CT molecular complexity index is 1560. The van der Waals surface area contributed by atoms with Crippen LogP contribution in [0, 0.1) is 47.3 Å². The van der Waals surface area contributed by atoms with Gasteiger partial charge >= 0.3 is 48.6 Å². The summed E-state index contributed by atoms with van der Waals surface area (Å²) in [6.45, 7) is 57.0. The molecular weight excluding hydrogens is 1210 g/mol. The Balaban J connectivity index is -0.000000151. The van der Waals surface area contributed by atoms with Crippen LogP contribution in [0.5, 0.6) is 0 Å². The minimum absolute atomic E-state index is 0.0717. The summed E-state index contributed by atoms with van der Waals surface area (Å²) in [4.78, 5) is 110. The van der Waals surface area contributed by atoms with E-state index in [9.17, 15) is 43.2 Å². The van der Waals surface area contributed by atoms with Crippen LogP contribution in [0.3, 0.4) is 0 Å². The van der Waals surface area contributed by atoms with E-state index in [2.05, 4.69) is 12.2 Å². The van der Waals surface area contributed by atoms with E-state index in [4.69, 9.17) is 37.9 Å². The monoisotopic (exact) mass is 1360 g/mol. The summed E-state index contributed by atoms with van der Waals surface area (Å²) in [5.74, 6) is 3.11. The summed E-state index contributed by atoms with van der Waals surface area (Å²) in [7, 11) is 12.1. The number of carbonyl (C=O) groups is 9. The lowest BCUT2D eigenvalue weighted by Gasteiger charge is -2.15. The van der Waals surface area contributed by atoms with Crippen LogP contribution in [0.4, 0.5) is 33.6 Å². The lowest BCUT2D eigenvalue weighted by Crippen LogP contribution is -2.28. The van der Waals surface area contributed by atoms with Gasteiger partial charge in [0.05, 0.1) is 52.9 Å². The van der Waals surface area contributed by atoms with Crippen molar-refractivity contribution in [3.05, 3.63) is 0 Å². The van der Waals surface area contributed by atoms with E-state index in [0.29, 0.717) is 172 Å². The zero-order chi connectivity index (χ0) is 75.1. The number of nitrogens with zero attached hydrogens (tertiary/aromatic N) is 7. The molecule has 0 spiro atoms. The van der Waals surface area contributed by atoms with Gasteiger partial charge in [0, 0.05) is 115 Å². The molecule has 8 amide bonds. The van der Waals surface area contributed by atoms with Crippen molar-refractivity contribution in [2.45, 2.75) is 198 Å². The maximum atomic E-state index is 11.2. The molecule has 0 bridgehead atoms. The molecule has 1 N–H and O–H groups in total. The molecule has 0 aromatic carbocycles. The average Bonchev–Trinajstić information content (AvgIpc) is 3.47. The standard InChI is InChI=1S/C13H25NO3.7C8H17NO2/c1-4-5-7-12(15)14-9-6-8-13(16)17-10-11(2)3;7*1-5-9(4)8(10)11-6-7(2)3/h11H,4-10H2,1-3H3,(H,14,15);7*7H,5-6H2,1-4H3. The summed E-state index contributed by atoms with van der Waals surface area (Å²) in [5.41, 5.74) is 0. The fraction of sp³-hybridized carbons (Fsp3) is 0.870. The Hall–Kier alpha value is -6.17. The van der Waals surface area contributed by atoms with Gasteiger partial charge in [-0.05, 0) is 109 Å². The fourth-order valence-electron chi connectivity index (χ4n) is 4.56. The number of nitrogens with one attached hydrogen (secondary N) is 1. The number of unbranched alkanes of at least 4 members (excludes halogenated alkanes) is 1. The molecular formula is C69H144N8O17. The van der Waals surface area contributed by atoms with Crippen molar-refractivity contribution in [1.29, 1.82) is 0 Å². The minimum Gasteiger partial charge on any atom is -0.465 e. The number of rotatable bonds is 30. The molecule has 25 heteroatoms. The van der Waals surface area contributed by atoms with E-state index in [0.717, 1.165) is 12.8 Å². The molecule has 94 heavy (non-hydrogen) atoms. The van der Waals surface area contributed by atoms with Crippen molar-refractivity contribution < 1.29 is 81.0 Å². The van der Waals surface area contributed by atoms with Gasteiger partial charge in [0.15, 0.2) is 0 Å². The van der Waals surface area contributed by atoms with Crippen LogP contribution in [0.2, 0.25) is 0 Å². The van der Waals surface area contributed by atoms with Gasteiger partial charge in [0.2, 0.25) is 5.91 Å². The molecule has 0 heterocycles. The first-order chi connectivity index (χ1) is 43.6. The minimum atomic E-state index is -0.235. The Morgan fingerprint density at radius 1 is 0.266 bits per heavy atom. The number of carbonyl (C=O) groups excluding carboxylic acids is 9. The smallest absolute Gasteiger partial charge is 0.409 e. The van der Waals surface area contributed by atoms with Gasteiger partial charge in [0.1, 0.15) is 0 Å². The predicted molar refractivity (Wildman–Crippen MR) is 379 cm³/mol. The van der Waals surface area contributed by atoms with E-state index in [-0.39, 0.29) is 54.5 Å². The molecule has 0 radical (unpaired) electrons. The maximum Gasteiger partial charge on any atom is 0.409 e. The first kappa shape index (κ1) is 104. The number of ether oxygens (including phenoxy) is 8. The van der Waals surface area contributed by atoms with Crippen LogP contribution < -0.4 is 5.32 Å².